The molecule has 7 rings (SSSR count). The predicted octanol–water partition coefficient (Wildman–Crippen LogP) is 20.0. The Bertz CT molecular complexity index is 2240. The Hall–Kier alpha value is -2.49. The van der Waals surface area contributed by atoms with E-state index in [4.69, 9.17) is 0 Å². The minimum atomic E-state index is -1.53. The quantitative estimate of drug-likeness (QED) is 0.0512. The molecule has 1 aromatic carbocycles. The average molecular weight is 961 g/mol. The highest BCUT2D eigenvalue weighted by atomic mass is 32.3. The number of rotatable bonds is 22. The summed E-state index contributed by atoms with van der Waals surface area (Å²) < 4.78 is 1.56. The molecule has 2 aliphatic rings. The molecule has 5 aromatic rings. The molecule has 352 valence electrons. The molecule has 0 fully saturated rings. The Morgan fingerprint density at radius 1 is 0.609 bits per heavy atom. The number of carbonyl (C=O) groups is 2. The minimum Gasteiger partial charge on any atom is -0.268 e. The van der Waals surface area contributed by atoms with Crippen LogP contribution in [0.4, 0.5) is 5.69 Å². The smallest absolute Gasteiger partial charge is 0.267 e. The molecule has 0 N–H and O–H groups in total. The number of imide groups is 1. The number of amides is 2. The second-order valence-electron chi connectivity index (χ2n) is 18.5. The molecule has 2 atom stereocenters. The van der Waals surface area contributed by atoms with E-state index in [-0.39, 0.29) is 17.2 Å². The van der Waals surface area contributed by atoms with Crippen molar-refractivity contribution in [3.05, 3.63) is 79.9 Å². The summed E-state index contributed by atoms with van der Waals surface area (Å²) in [4.78, 5) is 42.9. The summed E-state index contributed by atoms with van der Waals surface area (Å²) in [5.41, 5.74) is 2.90. The molecule has 2 aliphatic heterocycles. The third kappa shape index (κ3) is 11.3. The Morgan fingerprint density at radius 2 is 1.19 bits per heavy atom. The van der Waals surface area contributed by atoms with Crippen LogP contribution in [0.15, 0.2) is 62.5 Å². The fourth-order valence-corrected chi connectivity index (χ4v) is 20.8. The Labute approximate surface area is 407 Å². The summed E-state index contributed by atoms with van der Waals surface area (Å²) in [5.74, 6) is 1.48. The van der Waals surface area contributed by atoms with Gasteiger partial charge in [-0.3, -0.25) is 9.59 Å². The van der Waals surface area contributed by atoms with Crippen LogP contribution in [0.2, 0.25) is 0 Å². The maximum atomic E-state index is 14.8. The molecule has 64 heavy (non-hydrogen) atoms. The average Bonchev–Trinajstić information content (AvgIpc) is 4.15. The first kappa shape index (κ1) is 52.5. The molecule has 8 heteroatoms. The highest BCUT2D eigenvalue weighted by Gasteiger charge is 2.48. The summed E-state index contributed by atoms with van der Waals surface area (Å²) in [6.07, 6.45) is 21.3. The van der Waals surface area contributed by atoms with E-state index < -0.39 is 10.0 Å². The first-order valence-corrected chi connectivity index (χ1v) is 30.3. The summed E-state index contributed by atoms with van der Waals surface area (Å²) >= 11 is 7.62. The van der Waals surface area contributed by atoms with Gasteiger partial charge in [-0.2, -0.15) is 0 Å². The summed E-state index contributed by atoms with van der Waals surface area (Å²) in [6, 6.07) is 18.2. The molecule has 0 saturated heterocycles. The van der Waals surface area contributed by atoms with Gasteiger partial charge in [-0.05, 0) is 98.1 Å². The molecule has 4 aromatic heterocycles. The largest absolute Gasteiger partial charge is 0.268 e. The predicted molar refractivity (Wildman–Crippen MR) is 289 cm³/mol. The van der Waals surface area contributed by atoms with Gasteiger partial charge in [-0.25, -0.2) is 4.90 Å². The zero-order valence-electron chi connectivity index (χ0n) is 41.7. The van der Waals surface area contributed by atoms with Crippen molar-refractivity contribution >= 4 is 72.9 Å². The van der Waals surface area contributed by atoms with Crippen LogP contribution in [-0.2, 0) is 18.3 Å². The molecular formula is C56H81NO2S5. The van der Waals surface area contributed by atoms with Crippen molar-refractivity contribution in [2.75, 3.05) is 10.7 Å². The van der Waals surface area contributed by atoms with Gasteiger partial charge < -0.3 is 0 Å². The van der Waals surface area contributed by atoms with E-state index in [1.807, 2.05) is 62.5 Å². The van der Waals surface area contributed by atoms with Gasteiger partial charge in [0.1, 0.15) is 0 Å². The molecule has 3 nitrogen and oxygen atoms in total. The van der Waals surface area contributed by atoms with Crippen LogP contribution < -0.4 is 4.90 Å². The first-order valence-electron chi connectivity index (χ1n) is 25.3. The maximum absolute atomic E-state index is 14.8. The number of hydrogen-bond donors (Lipinski definition) is 0. The molecule has 0 bridgehead atoms. The SMILES string of the molecule is CC.CC.CCCCCCCCc1ccc(N2C(=O)c3c(-c4cc5c(s4)-c4sc(C)cc4S5(CC(CC)CCCC)c4ccc(CCCCCCC)s4)sc(C(C)(C)C)c3C2=O)cc1. The topological polar surface area (TPSA) is 37.4 Å². The van der Waals surface area contributed by atoms with Crippen molar-refractivity contribution in [1.29, 1.82) is 0 Å². The van der Waals surface area contributed by atoms with Gasteiger partial charge in [0.15, 0.2) is 0 Å². The van der Waals surface area contributed by atoms with Crippen molar-refractivity contribution < 1.29 is 9.59 Å². The van der Waals surface area contributed by atoms with E-state index in [2.05, 4.69) is 103 Å². The third-order valence-corrected chi connectivity index (χ3v) is 23.1. The number of fused-ring (bicyclic) bond motifs is 4. The van der Waals surface area contributed by atoms with Crippen molar-refractivity contribution in [2.24, 2.45) is 5.92 Å². The lowest BCUT2D eigenvalue weighted by atomic mass is 9.90. The van der Waals surface area contributed by atoms with Gasteiger partial charge in [0.05, 0.1) is 35.7 Å². The van der Waals surface area contributed by atoms with Crippen LogP contribution >= 0.6 is 55.4 Å². The van der Waals surface area contributed by atoms with Gasteiger partial charge in [-0.15, -0.1) is 55.4 Å². The van der Waals surface area contributed by atoms with E-state index in [1.165, 1.54) is 143 Å². The molecular weight excluding hydrogens is 879 g/mol. The van der Waals surface area contributed by atoms with Crippen LogP contribution in [0.25, 0.3) is 19.5 Å². The second-order valence-corrected chi connectivity index (χ2v) is 26.3. The van der Waals surface area contributed by atoms with Crippen LogP contribution in [0.1, 0.15) is 213 Å². The zero-order chi connectivity index (χ0) is 46.6. The molecule has 2 unspecified atom stereocenters. The Kier molecular flexibility index (Phi) is 20.1. The molecule has 2 amide bonds. The van der Waals surface area contributed by atoms with Crippen molar-refractivity contribution in [2.45, 2.75) is 212 Å². The number of aryl methyl sites for hydroxylation is 3. The fraction of sp³-hybridized carbons (Fsp3) is 0.571. The monoisotopic (exact) mass is 959 g/mol. The molecule has 0 aliphatic carbocycles. The van der Waals surface area contributed by atoms with E-state index in [0.29, 0.717) is 22.7 Å². The first-order chi connectivity index (χ1) is 31.0. The van der Waals surface area contributed by atoms with Crippen LogP contribution in [0.5, 0.6) is 0 Å². The van der Waals surface area contributed by atoms with Gasteiger partial charge in [-0.1, -0.05) is 165 Å². The molecule has 0 radical (unpaired) electrons. The van der Waals surface area contributed by atoms with Gasteiger partial charge in [0, 0.05) is 29.3 Å². The van der Waals surface area contributed by atoms with E-state index in [1.54, 1.807) is 20.4 Å². The number of benzene rings is 1. The summed E-state index contributed by atoms with van der Waals surface area (Å²) in [6.45, 7) is 26.1. The normalized spacial score (nSPS) is 16.7. The highest BCUT2D eigenvalue weighted by Crippen LogP contribution is 2.80. The number of nitrogens with zero attached hydrogens (tertiary/aromatic N) is 1. The summed E-state index contributed by atoms with van der Waals surface area (Å²) in [7, 11) is -1.53. The van der Waals surface area contributed by atoms with Crippen LogP contribution in [0, 0.1) is 12.8 Å². The van der Waals surface area contributed by atoms with E-state index in [9.17, 15) is 9.59 Å². The Morgan fingerprint density at radius 3 is 1.81 bits per heavy atom. The second kappa shape index (κ2) is 24.5. The van der Waals surface area contributed by atoms with Crippen LogP contribution in [0.3, 0.4) is 0 Å². The van der Waals surface area contributed by atoms with Crippen molar-refractivity contribution in [1.82, 2.24) is 0 Å². The van der Waals surface area contributed by atoms with E-state index in [0.717, 1.165) is 21.1 Å². The number of thiophene rings is 4. The lowest BCUT2D eigenvalue weighted by Gasteiger charge is -2.39. The highest BCUT2D eigenvalue weighted by molar-refractivity contribution is 8.35. The van der Waals surface area contributed by atoms with Crippen LogP contribution in [-0.4, -0.2) is 17.6 Å². The maximum Gasteiger partial charge on any atom is 0.267 e. The standard InChI is InChI=1S/C52H69NO2S5.2C2H6/c1-9-13-16-18-20-21-24-37-26-28-38(29-27-37)53-50(54)44-45(51(53)55)49(52(6,7)8)59-46(44)40-33-42-48(58-40)47-41(32-35(5)56-47)60(42,34-36(12-4)23-15-11-3)43-31-30-39(57-43)25-22-19-17-14-10-2;2*1-2/h26-33,36H,9-25,34H2,1-8H3;2*1-2H3. The summed E-state index contributed by atoms with van der Waals surface area (Å²) in [5, 5.41) is 0. The molecule has 0 spiro atoms. The lowest BCUT2D eigenvalue weighted by Crippen LogP contribution is -2.30. The number of carbonyl (C=O) groups excluding carboxylic acids is 2. The Balaban J connectivity index is 0.00000187. The third-order valence-electron chi connectivity index (χ3n) is 12.7. The van der Waals surface area contributed by atoms with Crippen molar-refractivity contribution in [3.8, 4) is 19.5 Å². The van der Waals surface area contributed by atoms with Gasteiger partial charge in [0.25, 0.3) is 11.8 Å². The fourth-order valence-electron chi connectivity index (χ4n) is 9.25. The number of unbranched alkanes of at least 4 members (excludes halogenated alkanes) is 10. The molecule has 0 saturated carbocycles. The van der Waals surface area contributed by atoms with Gasteiger partial charge >= 0.3 is 0 Å². The number of hydrogen-bond acceptors (Lipinski definition) is 6. The zero-order valence-corrected chi connectivity index (χ0v) is 45.8. The molecule has 6 heterocycles. The van der Waals surface area contributed by atoms with Gasteiger partial charge in [0.2, 0.25) is 0 Å². The van der Waals surface area contributed by atoms with Crippen molar-refractivity contribution in [3.63, 3.8) is 0 Å². The number of anilines is 1. The minimum absolute atomic E-state index is 0.172. The lowest BCUT2D eigenvalue weighted by molar-refractivity contribution is 0.0925. The van der Waals surface area contributed by atoms with E-state index >= 15 is 0 Å².